The van der Waals surface area contributed by atoms with Crippen LogP contribution in [-0.2, 0) is 21.4 Å². The summed E-state index contributed by atoms with van der Waals surface area (Å²) in [7, 11) is -3.53. The molecule has 0 radical (unpaired) electrons. The van der Waals surface area contributed by atoms with Gasteiger partial charge in [0, 0.05) is 13.1 Å². The average molecular weight is 417 g/mol. The number of hydrogen-bond donors (Lipinski definition) is 0. The Morgan fingerprint density at radius 3 is 2.48 bits per heavy atom. The van der Waals surface area contributed by atoms with Gasteiger partial charge in [-0.15, -0.1) is 0 Å². The average Bonchev–Trinajstić information content (AvgIpc) is 3.20. The number of sulfonamides is 1. The monoisotopic (exact) mass is 417 g/mol. The number of carbonyl (C=O) groups is 1. The van der Waals surface area contributed by atoms with Crippen molar-refractivity contribution >= 4 is 16.0 Å². The molecule has 1 saturated heterocycles. The Morgan fingerprint density at radius 1 is 1.07 bits per heavy atom. The molecule has 0 N–H and O–H groups in total. The molecule has 7 nitrogen and oxygen atoms in total. The van der Waals surface area contributed by atoms with Gasteiger partial charge in [-0.2, -0.15) is 4.31 Å². The second-order valence-corrected chi connectivity index (χ2v) is 9.31. The smallest absolute Gasteiger partial charge is 0.338 e. The zero-order valence-electron chi connectivity index (χ0n) is 16.2. The second-order valence-electron chi connectivity index (χ2n) is 7.37. The van der Waals surface area contributed by atoms with Crippen LogP contribution in [0.15, 0.2) is 47.4 Å². The first kappa shape index (κ1) is 19.7. The number of piperidine rings is 1. The predicted octanol–water partition coefficient (Wildman–Crippen LogP) is 3.19. The quantitative estimate of drug-likeness (QED) is 0.695. The van der Waals surface area contributed by atoms with Gasteiger partial charge < -0.3 is 14.2 Å². The van der Waals surface area contributed by atoms with Crippen LogP contribution in [0.4, 0.5) is 0 Å². The molecule has 2 aromatic rings. The number of hydrogen-bond acceptors (Lipinski definition) is 6. The molecule has 154 valence electrons. The normalized spacial score (nSPS) is 17.3. The fourth-order valence-corrected chi connectivity index (χ4v) is 4.87. The molecule has 4 rings (SSSR count). The summed E-state index contributed by atoms with van der Waals surface area (Å²) in [6.07, 6.45) is 1.73. The molecule has 0 bridgehead atoms. The lowest BCUT2D eigenvalue weighted by atomic mass is 10.0. The maximum Gasteiger partial charge on any atom is 0.338 e. The maximum absolute atomic E-state index is 12.8. The molecule has 0 aromatic heterocycles. The zero-order valence-corrected chi connectivity index (χ0v) is 17.0. The van der Waals surface area contributed by atoms with Crippen molar-refractivity contribution in [3.63, 3.8) is 0 Å². The van der Waals surface area contributed by atoms with Gasteiger partial charge in [-0.3, -0.25) is 0 Å². The van der Waals surface area contributed by atoms with E-state index in [0.29, 0.717) is 36.1 Å². The second kappa shape index (κ2) is 8.04. The first-order chi connectivity index (χ1) is 13.9. The van der Waals surface area contributed by atoms with Crippen molar-refractivity contribution in [2.45, 2.75) is 31.3 Å². The Bertz CT molecular complexity index is 994. The summed E-state index contributed by atoms with van der Waals surface area (Å²) in [5, 5.41) is 0. The molecule has 0 saturated carbocycles. The van der Waals surface area contributed by atoms with E-state index in [1.54, 1.807) is 18.2 Å². The van der Waals surface area contributed by atoms with Gasteiger partial charge in [0.25, 0.3) is 0 Å². The minimum atomic E-state index is -3.53. The highest BCUT2D eigenvalue weighted by Crippen LogP contribution is 2.32. The lowest BCUT2D eigenvalue weighted by molar-refractivity contribution is 0.0472. The number of nitrogens with zero attached hydrogens (tertiary/aromatic N) is 1. The van der Waals surface area contributed by atoms with E-state index in [9.17, 15) is 13.2 Å². The fraction of sp³-hybridized carbons (Fsp3) is 0.381. The summed E-state index contributed by atoms with van der Waals surface area (Å²) in [4.78, 5) is 12.5. The van der Waals surface area contributed by atoms with Gasteiger partial charge in [0.2, 0.25) is 16.8 Å². The van der Waals surface area contributed by atoms with Crippen LogP contribution in [0, 0.1) is 5.92 Å². The Balaban J connectivity index is 1.39. The van der Waals surface area contributed by atoms with Crippen LogP contribution >= 0.6 is 0 Å². The van der Waals surface area contributed by atoms with Gasteiger partial charge in [-0.1, -0.05) is 13.0 Å². The van der Waals surface area contributed by atoms with Crippen LogP contribution in [0.3, 0.4) is 0 Å². The SMILES string of the molecule is CC1CCN(S(=O)(=O)c2ccc(C(=O)OCc3ccc4c(c3)OCO4)cc2)CC1. The molecule has 2 aromatic carbocycles. The van der Waals surface area contributed by atoms with E-state index >= 15 is 0 Å². The molecule has 0 atom stereocenters. The molecule has 0 spiro atoms. The molecule has 8 heteroatoms. The van der Waals surface area contributed by atoms with Crippen LogP contribution in [0.1, 0.15) is 35.7 Å². The highest BCUT2D eigenvalue weighted by atomic mass is 32.2. The number of rotatable bonds is 5. The van der Waals surface area contributed by atoms with E-state index < -0.39 is 16.0 Å². The number of esters is 1. The topological polar surface area (TPSA) is 82.1 Å². The molecule has 29 heavy (non-hydrogen) atoms. The molecule has 2 heterocycles. The molecule has 2 aliphatic heterocycles. The first-order valence-corrected chi connectivity index (χ1v) is 11.0. The van der Waals surface area contributed by atoms with Gasteiger partial charge in [-0.05, 0) is 60.7 Å². The molecular formula is C21H23NO6S. The minimum Gasteiger partial charge on any atom is -0.457 e. The minimum absolute atomic E-state index is 0.0848. The largest absolute Gasteiger partial charge is 0.457 e. The van der Waals surface area contributed by atoms with Crippen molar-refractivity contribution in [1.29, 1.82) is 0 Å². The van der Waals surface area contributed by atoms with Gasteiger partial charge in [0.1, 0.15) is 6.61 Å². The summed E-state index contributed by atoms with van der Waals surface area (Å²) in [6.45, 7) is 3.46. The summed E-state index contributed by atoms with van der Waals surface area (Å²) >= 11 is 0. The maximum atomic E-state index is 12.8. The number of ether oxygens (including phenoxy) is 3. The van der Waals surface area contributed by atoms with Crippen molar-refractivity contribution in [1.82, 2.24) is 4.31 Å². The highest BCUT2D eigenvalue weighted by Gasteiger charge is 2.28. The Morgan fingerprint density at radius 2 is 1.76 bits per heavy atom. The van der Waals surface area contributed by atoms with Crippen LogP contribution < -0.4 is 9.47 Å². The van der Waals surface area contributed by atoms with Crippen LogP contribution in [0.25, 0.3) is 0 Å². The van der Waals surface area contributed by atoms with Gasteiger partial charge >= 0.3 is 5.97 Å². The van der Waals surface area contributed by atoms with Crippen molar-refractivity contribution in [3.8, 4) is 11.5 Å². The molecular weight excluding hydrogens is 394 g/mol. The van der Waals surface area contributed by atoms with Gasteiger partial charge in [-0.25, -0.2) is 13.2 Å². The molecule has 0 unspecified atom stereocenters. The Kier molecular flexibility index (Phi) is 5.47. The van der Waals surface area contributed by atoms with E-state index in [2.05, 4.69) is 6.92 Å². The first-order valence-electron chi connectivity index (χ1n) is 9.59. The Labute approximate surface area is 170 Å². The zero-order chi connectivity index (χ0) is 20.4. The van der Waals surface area contributed by atoms with Crippen molar-refractivity contribution in [2.24, 2.45) is 5.92 Å². The third-order valence-corrected chi connectivity index (χ3v) is 7.19. The van der Waals surface area contributed by atoms with E-state index in [0.717, 1.165) is 18.4 Å². The summed E-state index contributed by atoms with van der Waals surface area (Å²) in [6, 6.07) is 11.2. The third kappa shape index (κ3) is 4.23. The third-order valence-electron chi connectivity index (χ3n) is 5.28. The summed E-state index contributed by atoms with van der Waals surface area (Å²) in [5.74, 6) is 1.32. The van der Waals surface area contributed by atoms with Crippen LogP contribution in [0.2, 0.25) is 0 Å². The van der Waals surface area contributed by atoms with E-state index in [-0.39, 0.29) is 18.3 Å². The fourth-order valence-electron chi connectivity index (χ4n) is 3.40. The lowest BCUT2D eigenvalue weighted by Crippen LogP contribution is -2.37. The number of benzene rings is 2. The van der Waals surface area contributed by atoms with Crippen LogP contribution in [0.5, 0.6) is 11.5 Å². The molecule has 1 fully saturated rings. The number of fused-ring (bicyclic) bond motifs is 1. The molecule has 0 amide bonds. The van der Waals surface area contributed by atoms with Crippen molar-refractivity contribution < 1.29 is 27.4 Å². The van der Waals surface area contributed by atoms with Crippen molar-refractivity contribution in [3.05, 3.63) is 53.6 Å². The van der Waals surface area contributed by atoms with E-state index in [1.807, 2.05) is 0 Å². The van der Waals surface area contributed by atoms with Crippen LogP contribution in [-0.4, -0.2) is 38.6 Å². The highest BCUT2D eigenvalue weighted by molar-refractivity contribution is 7.89. The molecule has 2 aliphatic rings. The summed E-state index contributed by atoms with van der Waals surface area (Å²) in [5.41, 5.74) is 1.08. The Hall–Kier alpha value is -2.58. The molecule has 0 aliphatic carbocycles. The standard InChI is InChI=1S/C21H23NO6S/c1-15-8-10-22(11-9-15)29(24,25)18-5-3-17(4-6-18)21(23)26-13-16-2-7-19-20(12-16)28-14-27-19/h2-7,12,15H,8-11,13-14H2,1H3. The van der Waals surface area contributed by atoms with Gasteiger partial charge in [0.15, 0.2) is 11.5 Å². The van der Waals surface area contributed by atoms with Gasteiger partial charge in [0.05, 0.1) is 10.5 Å². The number of carbonyl (C=O) groups excluding carboxylic acids is 1. The summed E-state index contributed by atoms with van der Waals surface area (Å²) < 4.78 is 42.9. The van der Waals surface area contributed by atoms with E-state index in [1.165, 1.54) is 28.6 Å². The van der Waals surface area contributed by atoms with Crippen molar-refractivity contribution in [2.75, 3.05) is 19.9 Å². The van der Waals surface area contributed by atoms with E-state index in [4.69, 9.17) is 14.2 Å². The lowest BCUT2D eigenvalue weighted by Gasteiger charge is -2.29. The predicted molar refractivity (Wildman–Crippen MR) is 105 cm³/mol.